The van der Waals surface area contributed by atoms with Crippen molar-refractivity contribution in [2.45, 2.75) is 58.2 Å². The monoisotopic (exact) mass is 241 g/mol. The predicted octanol–water partition coefficient (Wildman–Crippen LogP) is 1.05. The highest BCUT2D eigenvalue weighted by molar-refractivity contribution is 5.82. The summed E-state index contributed by atoms with van der Waals surface area (Å²) in [5.74, 6) is 0.231. The number of carbonyl (C=O) groups is 1. The smallest absolute Gasteiger partial charge is 0.240 e. The highest BCUT2D eigenvalue weighted by Gasteiger charge is 2.37. The van der Waals surface area contributed by atoms with Crippen LogP contribution in [-0.4, -0.2) is 53.5 Å². The molecule has 1 saturated heterocycles. The third-order valence-electron chi connectivity index (χ3n) is 3.76. The minimum Gasteiger partial charge on any atom is -0.336 e. The van der Waals surface area contributed by atoms with Gasteiger partial charge >= 0.3 is 0 Å². The van der Waals surface area contributed by atoms with Crippen LogP contribution in [0.2, 0.25) is 0 Å². The van der Waals surface area contributed by atoms with Crippen LogP contribution in [-0.2, 0) is 4.79 Å². The van der Waals surface area contributed by atoms with Gasteiger partial charge in [0, 0.05) is 18.1 Å². The summed E-state index contributed by atoms with van der Waals surface area (Å²) in [6, 6.07) is 0.375. The Morgan fingerprint density at radius 1 is 1.41 bits per heavy atom. The van der Waals surface area contributed by atoms with Gasteiger partial charge in [0.25, 0.3) is 0 Å². The molecular weight excluding hydrogens is 214 g/mol. The Labute approximate surface area is 105 Å². The maximum Gasteiger partial charge on any atom is 0.240 e. The second-order valence-electron chi connectivity index (χ2n) is 6.06. The van der Waals surface area contributed by atoms with Crippen LogP contribution in [0.3, 0.4) is 0 Å². The molecule has 0 aliphatic carbocycles. The lowest BCUT2D eigenvalue weighted by Crippen LogP contribution is -2.52. The van der Waals surface area contributed by atoms with E-state index in [0.29, 0.717) is 12.6 Å². The van der Waals surface area contributed by atoms with Crippen molar-refractivity contribution in [2.24, 2.45) is 5.73 Å². The summed E-state index contributed by atoms with van der Waals surface area (Å²) in [5.41, 5.74) is 5.54. The largest absolute Gasteiger partial charge is 0.336 e. The topological polar surface area (TPSA) is 49.6 Å². The third-order valence-corrected chi connectivity index (χ3v) is 3.76. The second-order valence-corrected chi connectivity index (χ2v) is 6.06. The van der Waals surface area contributed by atoms with Crippen LogP contribution in [0, 0.1) is 0 Å². The van der Waals surface area contributed by atoms with Crippen LogP contribution in [0.25, 0.3) is 0 Å². The van der Waals surface area contributed by atoms with Gasteiger partial charge in [-0.05, 0) is 54.1 Å². The molecule has 17 heavy (non-hydrogen) atoms. The van der Waals surface area contributed by atoms with E-state index in [1.54, 1.807) is 0 Å². The Bertz CT molecular complexity index is 272. The van der Waals surface area contributed by atoms with Crippen molar-refractivity contribution in [3.8, 4) is 0 Å². The number of hydrogen-bond donors (Lipinski definition) is 1. The Morgan fingerprint density at radius 2 is 2.00 bits per heavy atom. The first-order valence-corrected chi connectivity index (χ1v) is 6.52. The van der Waals surface area contributed by atoms with Gasteiger partial charge in [0.1, 0.15) is 0 Å². The first kappa shape index (κ1) is 14.5. The molecule has 100 valence electrons. The van der Waals surface area contributed by atoms with E-state index >= 15 is 0 Å². The van der Waals surface area contributed by atoms with Gasteiger partial charge in [-0.3, -0.25) is 9.69 Å². The van der Waals surface area contributed by atoms with Crippen molar-refractivity contribution in [3.05, 3.63) is 0 Å². The molecule has 0 aromatic rings. The molecule has 1 fully saturated rings. The van der Waals surface area contributed by atoms with Gasteiger partial charge in [0.05, 0.1) is 6.04 Å². The van der Waals surface area contributed by atoms with Crippen LogP contribution in [0.15, 0.2) is 0 Å². The van der Waals surface area contributed by atoms with Crippen molar-refractivity contribution in [1.82, 2.24) is 9.80 Å². The highest BCUT2D eigenvalue weighted by atomic mass is 16.2. The van der Waals surface area contributed by atoms with Crippen LogP contribution in [0.1, 0.15) is 40.5 Å². The second kappa shape index (κ2) is 5.36. The molecule has 0 bridgehead atoms. The van der Waals surface area contributed by atoms with Gasteiger partial charge in [0.15, 0.2) is 0 Å². The zero-order valence-electron chi connectivity index (χ0n) is 11.9. The van der Waals surface area contributed by atoms with E-state index in [-0.39, 0.29) is 17.5 Å². The third kappa shape index (κ3) is 3.19. The summed E-state index contributed by atoms with van der Waals surface area (Å²) in [4.78, 5) is 16.8. The summed E-state index contributed by atoms with van der Waals surface area (Å²) in [6.45, 7) is 9.88. The van der Waals surface area contributed by atoms with E-state index in [0.717, 1.165) is 19.4 Å². The van der Waals surface area contributed by atoms with Crippen molar-refractivity contribution in [1.29, 1.82) is 0 Å². The van der Waals surface area contributed by atoms with E-state index < -0.39 is 0 Å². The van der Waals surface area contributed by atoms with Gasteiger partial charge in [-0.1, -0.05) is 0 Å². The Hall–Kier alpha value is -0.610. The number of rotatable bonds is 2. The zero-order chi connectivity index (χ0) is 13.2. The van der Waals surface area contributed by atoms with E-state index in [9.17, 15) is 4.79 Å². The molecule has 2 atom stereocenters. The maximum absolute atomic E-state index is 12.6. The van der Waals surface area contributed by atoms with Crippen LogP contribution in [0.4, 0.5) is 0 Å². The molecule has 1 aliphatic heterocycles. The van der Waals surface area contributed by atoms with Crippen molar-refractivity contribution in [2.75, 3.05) is 20.1 Å². The highest BCUT2D eigenvalue weighted by Crippen LogP contribution is 2.23. The number of likely N-dealkylation sites (N-methyl/N-ethyl adjacent to an activating group) is 1. The quantitative estimate of drug-likeness (QED) is 0.786. The molecule has 2 N–H and O–H groups in total. The molecule has 4 nitrogen and oxygen atoms in total. The zero-order valence-corrected chi connectivity index (χ0v) is 11.9. The average Bonchev–Trinajstić information content (AvgIpc) is 2.31. The molecule has 1 aliphatic rings. The molecule has 1 amide bonds. The van der Waals surface area contributed by atoms with E-state index in [1.807, 2.05) is 11.9 Å². The van der Waals surface area contributed by atoms with Gasteiger partial charge in [0.2, 0.25) is 5.91 Å². The number of nitrogens with zero attached hydrogens (tertiary/aromatic N) is 2. The first-order chi connectivity index (χ1) is 7.79. The lowest BCUT2D eigenvalue weighted by atomic mass is 10.0. The molecular formula is C13H27N3O. The molecule has 1 rings (SSSR count). The van der Waals surface area contributed by atoms with Gasteiger partial charge in [-0.25, -0.2) is 0 Å². The van der Waals surface area contributed by atoms with Gasteiger partial charge in [-0.2, -0.15) is 0 Å². The summed E-state index contributed by atoms with van der Waals surface area (Å²) < 4.78 is 0. The molecule has 0 radical (unpaired) electrons. The summed E-state index contributed by atoms with van der Waals surface area (Å²) in [7, 11) is 2.04. The lowest BCUT2D eigenvalue weighted by molar-refractivity contribution is -0.140. The molecule has 0 aromatic heterocycles. The van der Waals surface area contributed by atoms with Crippen LogP contribution >= 0.6 is 0 Å². The number of nitrogens with two attached hydrogens (primary N) is 1. The lowest BCUT2D eigenvalue weighted by Gasteiger charge is -2.37. The Kier molecular flexibility index (Phi) is 4.55. The van der Waals surface area contributed by atoms with Crippen LogP contribution < -0.4 is 5.73 Å². The summed E-state index contributed by atoms with van der Waals surface area (Å²) >= 11 is 0. The summed E-state index contributed by atoms with van der Waals surface area (Å²) in [6.07, 6.45) is 1.77. The van der Waals surface area contributed by atoms with E-state index in [2.05, 4.69) is 32.6 Å². The van der Waals surface area contributed by atoms with Crippen LogP contribution in [0.5, 0.6) is 0 Å². The molecule has 4 heteroatoms. The van der Waals surface area contributed by atoms with Crippen molar-refractivity contribution in [3.63, 3.8) is 0 Å². The standard InChI is InChI=1S/C13H27N3O/c1-10-7-9-16(13(2,3)4)12(17)11(6-8-14)15(10)5/h10-11H,6-9,14H2,1-5H3. The fraction of sp³-hybridized carbons (Fsp3) is 0.923. The number of hydrogen-bond acceptors (Lipinski definition) is 3. The Balaban J connectivity index is 2.96. The van der Waals surface area contributed by atoms with E-state index in [4.69, 9.17) is 5.73 Å². The number of amides is 1. The first-order valence-electron chi connectivity index (χ1n) is 6.52. The molecule has 0 spiro atoms. The molecule has 0 saturated carbocycles. The minimum atomic E-state index is -0.102. The van der Waals surface area contributed by atoms with E-state index in [1.165, 1.54) is 0 Å². The predicted molar refractivity (Wildman–Crippen MR) is 70.8 cm³/mol. The van der Waals surface area contributed by atoms with Crippen molar-refractivity contribution < 1.29 is 4.79 Å². The molecule has 1 heterocycles. The average molecular weight is 241 g/mol. The minimum absolute atomic E-state index is 0.0586. The Morgan fingerprint density at radius 3 is 2.47 bits per heavy atom. The summed E-state index contributed by atoms with van der Waals surface area (Å²) in [5, 5.41) is 0. The molecule has 0 aromatic carbocycles. The fourth-order valence-electron chi connectivity index (χ4n) is 2.44. The van der Waals surface area contributed by atoms with Crippen molar-refractivity contribution >= 4 is 5.91 Å². The van der Waals surface area contributed by atoms with Gasteiger partial charge < -0.3 is 10.6 Å². The fourth-order valence-corrected chi connectivity index (χ4v) is 2.44. The SMILES string of the molecule is CC1CCN(C(C)(C)C)C(=O)C(CCN)N1C. The normalized spacial score (nSPS) is 28.4. The maximum atomic E-state index is 12.6. The number of carbonyl (C=O) groups excluding carboxylic acids is 1. The van der Waals surface area contributed by atoms with Gasteiger partial charge in [-0.15, -0.1) is 0 Å². The molecule has 2 unspecified atom stereocenters.